The third-order valence-corrected chi connectivity index (χ3v) is 7.28. The van der Waals surface area contributed by atoms with Gasteiger partial charge in [-0.3, -0.25) is 9.48 Å². The number of hydrogen-bond donors (Lipinski definition) is 1. The van der Waals surface area contributed by atoms with E-state index in [1.807, 2.05) is 19.9 Å². The summed E-state index contributed by atoms with van der Waals surface area (Å²) in [5.41, 5.74) is 2.25. The zero-order valence-electron chi connectivity index (χ0n) is 15.9. The highest BCUT2D eigenvalue weighted by Crippen LogP contribution is 2.28. The number of aromatic nitrogens is 2. The smallest absolute Gasteiger partial charge is 0.262 e. The zero-order chi connectivity index (χ0) is 19.6. The van der Waals surface area contributed by atoms with Gasteiger partial charge < -0.3 is 5.32 Å². The topological polar surface area (TPSA) is 105 Å². The van der Waals surface area contributed by atoms with Gasteiger partial charge in [-0.15, -0.1) is 0 Å². The summed E-state index contributed by atoms with van der Waals surface area (Å²) in [6, 6.07) is 1.96. The van der Waals surface area contributed by atoms with Gasteiger partial charge in [0.2, 0.25) is 0 Å². The van der Waals surface area contributed by atoms with E-state index in [0.717, 1.165) is 36.9 Å². The molecule has 2 fully saturated rings. The Morgan fingerprint density at radius 2 is 1.96 bits per heavy atom. The number of amides is 1. The molecule has 1 atom stereocenters. The van der Waals surface area contributed by atoms with Gasteiger partial charge >= 0.3 is 0 Å². The minimum atomic E-state index is -3.01. The Hall–Kier alpha value is -2.14. The maximum atomic E-state index is 12.5. The molecule has 0 radical (unpaired) electrons. The number of sulfone groups is 1. The van der Waals surface area contributed by atoms with Gasteiger partial charge in [-0.2, -0.15) is 10.4 Å². The molecule has 3 rings (SSSR count). The summed E-state index contributed by atoms with van der Waals surface area (Å²) < 4.78 is 25.3. The van der Waals surface area contributed by atoms with E-state index in [9.17, 15) is 18.5 Å². The summed E-state index contributed by atoms with van der Waals surface area (Å²) in [5.74, 6) is -0.0841. The van der Waals surface area contributed by atoms with Crippen LogP contribution < -0.4 is 5.32 Å². The fourth-order valence-electron chi connectivity index (χ4n) is 4.01. The Bertz CT molecular complexity index is 902. The molecule has 7 nitrogen and oxygen atoms in total. The molecule has 1 aliphatic carbocycles. The molecule has 1 aromatic rings. The Morgan fingerprint density at radius 3 is 2.56 bits per heavy atom. The molecule has 0 spiro atoms. The first-order valence-electron chi connectivity index (χ1n) is 9.49. The SMILES string of the molecule is Cc1nn([C@H]2CCS(=O)(=O)C2)c(C)c1/C=C(\C#N)C(=O)NC1CCCCC1. The lowest BCUT2D eigenvalue weighted by molar-refractivity contribution is -0.117. The molecule has 0 unspecified atom stereocenters. The maximum Gasteiger partial charge on any atom is 0.262 e. The van der Waals surface area contributed by atoms with Crippen LogP contribution in [0.4, 0.5) is 0 Å². The van der Waals surface area contributed by atoms with E-state index in [1.165, 1.54) is 6.42 Å². The number of aryl methyl sites for hydroxylation is 1. The van der Waals surface area contributed by atoms with Gasteiger partial charge in [-0.25, -0.2) is 8.42 Å². The molecule has 2 aliphatic rings. The third kappa shape index (κ3) is 4.41. The van der Waals surface area contributed by atoms with Crippen LogP contribution in [0.1, 0.15) is 61.5 Å². The monoisotopic (exact) mass is 390 g/mol. The lowest BCUT2D eigenvalue weighted by Crippen LogP contribution is -2.36. The van der Waals surface area contributed by atoms with Crippen LogP contribution in [-0.4, -0.2) is 41.7 Å². The van der Waals surface area contributed by atoms with Crippen molar-refractivity contribution in [2.75, 3.05) is 11.5 Å². The van der Waals surface area contributed by atoms with E-state index >= 15 is 0 Å². The molecule has 1 saturated carbocycles. The van der Waals surface area contributed by atoms with Gasteiger partial charge in [-0.05, 0) is 39.2 Å². The fourth-order valence-corrected chi connectivity index (χ4v) is 5.70. The van der Waals surface area contributed by atoms with E-state index in [1.54, 1.807) is 10.8 Å². The van der Waals surface area contributed by atoms with Gasteiger partial charge in [-0.1, -0.05) is 19.3 Å². The van der Waals surface area contributed by atoms with Crippen molar-refractivity contribution >= 4 is 21.8 Å². The predicted molar refractivity (Wildman–Crippen MR) is 103 cm³/mol. The van der Waals surface area contributed by atoms with Gasteiger partial charge in [0.25, 0.3) is 5.91 Å². The highest BCUT2D eigenvalue weighted by molar-refractivity contribution is 7.91. The first-order valence-corrected chi connectivity index (χ1v) is 11.3. The second-order valence-corrected chi connectivity index (χ2v) is 9.79. The van der Waals surface area contributed by atoms with Gasteiger partial charge in [0.05, 0.1) is 23.2 Å². The van der Waals surface area contributed by atoms with Crippen molar-refractivity contribution in [2.24, 2.45) is 0 Å². The summed E-state index contributed by atoms with van der Waals surface area (Å²) in [6.45, 7) is 3.66. The van der Waals surface area contributed by atoms with E-state index in [2.05, 4.69) is 10.4 Å². The number of carbonyl (C=O) groups is 1. The molecule has 146 valence electrons. The molecule has 1 amide bonds. The quantitative estimate of drug-likeness (QED) is 0.627. The normalized spacial score (nSPS) is 23.1. The number of nitriles is 1. The van der Waals surface area contributed by atoms with Crippen LogP contribution in [0, 0.1) is 25.2 Å². The molecule has 2 heterocycles. The van der Waals surface area contributed by atoms with Crippen molar-refractivity contribution < 1.29 is 13.2 Å². The maximum absolute atomic E-state index is 12.5. The Labute approximate surface area is 160 Å². The number of hydrogen-bond acceptors (Lipinski definition) is 5. The highest BCUT2D eigenvalue weighted by atomic mass is 32.2. The number of rotatable bonds is 4. The molecule has 1 N–H and O–H groups in total. The van der Waals surface area contributed by atoms with Crippen molar-refractivity contribution in [2.45, 2.75) is 64.5 Å². The zero-order valence-corrected chi connectivity index (χ0v) is 16.7. The van der Waals surface area contributed by atoms with Crippen molar-refractivity contribution in [3.8, 4) is 6.07 Å². The standard InChI is InChI=1S/C19H26N4O3S/c1-13-18(14(2)23(22-13)17-8-9-27(25,26)12-17)10-15(11-20)19(24)21-16-6-4-3-5-7-16/h10,16-17H,3-9,12H2,1-2H3,(H,21,24)/b15-10+/t17-/m0/s1. The molecular weight excluding hydrogens is 364 g/mol. The van der Waals surface area contributed by atoms with Crippen LogP contribution in [0.3, 0.4) is 0 Å². The van der Waals surface area contributed by atoms with Crippen LogP contribution in [0.25, 0.3) is 6.08 Å². The van der Waals surface area contributed by atoms with Crippen molar-refractivity contribution in [3.63, 3.8) is 0 Å². The highest BCUT2D eigenvalue weighted by Gasteiger charge is 2.31. The second-order valence-electron chi connectivity index (χ2n) is 7.56. The van der Waals surface area contributed by atoms with Gasteiger partial charge in [0.15, 0.2) is 9.84 Å². The van der Waals surface area contributed by atoms with Crippen LogP contribution in [0.15, 0.2) is 5.57 Å². The average Bonchev–Trinajstić information content (AvgIpc) is 3.13. The number of nitrogens with one attached hydrogen (secondary N) is 1. The summed E-state index contributed by atoms with van der Waals surface area (Å²) in [7, 11) is -3.01. The summed E-state index contributed by atoms with van der Waals surface area (Å²) in [6.07, 6.45) is 7.43. The Balaban J connectivity index is 1.82. The molecule has 27 heavy (non-hydrogen) atoms. The third-order valence-electron chi connectivity index (χ3n) is 5.53. The van der Waals surface area contributed by atoms with Gasteiger partial charge in [0.1, 0.15) is 11.6 Å². The first-order chi connectivity index (χ1) is 12.8. The molecule has 0 bridgehead atoms. The van der Waals surface area contributed by atoms with E-state index in [4.69, 9.17) is 0 Å². The Kier molecular flexibility index (Phi) is 5.70. The second kappa shape index (κ2) is 7.85. The van der Waals surface area contributed by atoms with Crippen LogP contribution in [0.5, 0.6) is 0 Å². The molecule has 8 heteroatoms. The molecule has 1 aromatic heterocycles. The predicted octanol–water partition coefficient (Wildman–Crippen LogP) is 2.22. The lowest BCUT2D eigenvalue weighted by atomic mass is 9.95. The summed E-state index contributed by atoms with van der Waals surface area (Å²) in [4.78, 5) is 12.5. The molecular formula is C19H26N4O3S. The van der Waals surface area contributed by atoms with Crippen molar-refractivity contribution in [3.05, 3.63) is 22.5 Å². The van der Waals surface area contributed by atoms with Gasteiger partial charge in [0, 0.05) is 17.3 Å². The lowest BCUT2D eigenvalue weighted by Gasteiger charge is -2.22. The van der Waals surface area contributed by atoms with Crippen molar-refractivity contribution in [1.29, 1.82) is 5.26 Å². The fraction of sp³-hybridized carbons (Fsp3) is 0.632. The molecule has 1 aliphatic heterocycles. The Morgan fingerprint density at radius 1 is 1.26 bits per heavy atom. The van der Waals surface area contributed by atoms with E-state index in [0.29, 0.717) is 12.1 Å². The van der Waals surface area contributed by atoms with Crippen LogP contribution in [0.2, 0.25) is 0 Å². The minimum absolute atomic E-state index is 0.0605. The van der Waals surface area contributed by atoms with Crippen molar-refractivity contribution in [1.82, 2.24) is 15.1 Å². The largest absolute Gasteiger partial charge is 0.349 e. The molecule has 0 aromatic carbocycles. The number of carbonyl (C=O) groups excluding carboxylic acids is 1. The first kappa shape index (κ1) is 19.6. The van der Waals surface area contributed by atoms with E-state index in [-0.39, 0.29) is 35.1 Å². The number of nitrogens with zero attached hydrogens (tertiary/aromatic N) is 3. The molecule has 1 saturated heterocycles. The summed E-state index contributed by atoms with van der Waals surface area (Å²) in [5, 5.41) is 16.9. The average molecular weight is 391 g/mol. The van der Waals surface area contributed by atoms with Crippen LogP contribution >= 0.6 is 0 Å². The summed E-state index contributed by atoms with van der Waals surface area (Å²) >= 11 is 0. The minimum Gasteiger partial charge on any atom is -0.349 e. The van der Waals surface area contributed by atoms with Crippen LogP contribution in [-0.2, 0) is 14.6 Å². The van der Waals surface area contributed by atoms with E-state index < -0.39 is 9.84 Å².